The van der Waals surface area contributed by atoms with Crippen LogP contribution < -0.4 is 27.4 Å². The van der Waals surface area contributed by atoms with Crippen LogP contribution in [0, 0.1) is 0 Å². The zero-order chi connectivity index (χ0) is 23.1. The molecule has 0 bridgehead atoms. The monoisotopic (exact) mass is 479 g/mol. The minimum absolute atomic E-state index is 0. The highest BCUT2D eigenvalue weighted by Crippen LogP contribution is 2.33. The van der Waals surface area contributed by atoms with E-state index < -0.39 is 5.69 Å². The first-order valence-corrected chi connectivity index (χ1v) is 11.1. The number of anilines is 3. The van der Waals surface area contributed by atoms with Crippen molar-refractivity contribution in [3.63, 3.8) is 0 Å². The summed E-state index contributed by atoms with van der Waals surface area (Å²) in [6, 6.07) is 18.0. The maximum atomic E-state index is 13.6. The molecule has 0 atom stereocenters. The molecule has 9 heteroatoms. The Labute approximate surface area is 201 Å². The van der Waals surface area contributed by atoms with Gasteiger partial charge in [0.25, 0.3) is 11.1 Å². The molecule has 0 radical (unpaired) electrons. The average molecular weight is 480 g/mol. The van der Waals surface area contributed by atoms with Crippen molar-refractivity contribution in [3.05, 3.63) is 91.9 Å². The third kappa shape index (κ3) is 4.01. The highest BCUT2D eigenvalue weighted by Gasteiger charge is 2.30. The molecule has 2 aromatic heterocycles. The summed E-state index contributed by atoms with van der Waals surface area (Å²) in [5.41, 5.74) is 1.84. The lowest BCUT2D eigenvalue weighted by atomic mass is 10.2. The zero-order valence-electron chi connectivity index (χ0n) is 18.9. The van der Waals surface area contributed by atoms with E-state index in [1.54, 1.807) is 19.2 Å². The molecule has 0 amide bonds. The van der Waals surface area contributed by atoms with Crippen molar-refractivity contribution in [1.82, 2.24) is 13.7 Å². The third-order valence-corrected chi connectivity index (χ3v) is 5.92. The van der Waals surface area contributed by atoms with E-state index in [0.717, 1.165) is 30.8 Å². The van der Waals surface area contributed by atoms with Gasteiger partial charge in [-0.25, -0.2) is 9.36 Å². The highest BCUT2D eigenvalue weighted by atomic mass is 35.5. The van der Waals surface area contributed by atoms with Crippen LogP contribution in [0.3, 0.4) is 0 Å². The lowest BCUT2D eigenvalue weighted by Gasteiger charge is -2.18. The Hall–Kier alpha value is -3.78. The lowest BCUT2D eigenvalue weighted by Crippen LogP contribution is -2.41. The number of pyridine rings is 1. The van der Waals surface area contributed by atoms with Crippen molar-refractivity contribution in [3.8, 4) is 5.69 Å². The van der Waals surface area contributed by atoms with E-state index in [0.29, 0.717) is 16.8 Å². The molecule has 4 aromatic rings. The van der Waals surface area contributed by atoms with Gasteiger partial charge in [0.2, 0.25) is 0 Å². The van der Waals surface area contributed by atoms with Crippen LogP contribution in [-0.2, 0) is 7.05 Å². The summed E-state index contributed by atoms with van der Waals surface area (Å²) < 4.78 is 4.16. The summed E-state index contributed by atoms with van der Waals surface area (Å²) in [4.78, 5) is 40.0. The summed E-state index contributed by atoms with van der Waals surface area (Å²) >= 11 is 0. The Morgan fingerprint density at radius 1 is 0.941 bits per heavy atom. The van der Waals surface area contributed by atoms with Crippen molar-refractivity contribution in [2.75, 3.05) is 17.2 Å². The summed E-state index contributed by atoms with van der Waals surface area (Å²) in [5.74, 6) is 0. The van der Waals surface area contributed by atoms with Crippen LogP contribution in [-0.4, -0.2) is 20.2 Å². The lowest BCUT2D eigenvalue weighted by molar-refractivity contribution is 0.637. The smallest absolute Gasteiger partial charge is 0.337 e. The minimum Gasteiger partial charge on any atom is -0.385 e. The van der Waals surface area contributed by atoms with Gasteiger partial charge in [-0.1, -0.05) is 18.2 Å². The average Bonchev–Trinajstić information content (AvgIpc) is 3.64. The summed E-state index contributed by atoms with van der Waals surface area (Å²) in [5, 5.41) is 6.79. The van der Waals surface area contributed by atoms with Crippen molar-refractivity contribution < 1.29 is 0 Å². The van der Waals surface area contributed by atoms with Gasteiger partial charge < -0.3 is 10.6 Å². The molecule has 1 fully saturated rings. The number of benzene rings is 2. The van der Waals surface area contributed by atoms with E-state index >= 15 is 0 Å². The fourth-order valence-corrected chi connectivity index (χ4v) is 4.16. The molecule has 2 heterocycles. The molecule has 8 nitrogen and oxygen atoms in total. The standard InChI is InChI=1S/C25H25N5O3.ClH/c1-3-26-16-9-11-17(12-10-16)27-20-15-21(31)28(2)23-22(20)24(32)30(19-13-14-19)25(33)29(23)18-7-5-4-6-8-18;/h4-12,15,19,26-27H,3,13-14H2,1-2H3;1H. The van der Waals surface area contributed by atoms with Crippen LogP contribution in [0.4, 0.5) is 17.1 Å². The molecule has 0 unspecified atom stereocenters. The number of nitrogens with zero attached hydrogens (tertiary/aromatic N) is 3. The van der Waals surface area contributed by atoms with Crippen LogP contribution in [0.1, 0.15) is 25.8 Å². The number of hydrogen-bond acceptors (Lipinski definition) is 5. The van der Waals surface area contributed by atoms with E-state index in [4.69, 9.17) is 0 Å². The SMILES string of the molecule is CCNc1ccc(Nc2cc(=O)n(C)c3c2c(=O)n(C2CC2)c(=O)n3-c2ccccc2)cc1.Cl. The Balaban J connectivity index is 0.00000274. The molecule has 1 aliphatic rings. The van der Waals surface area contributed by atoms with Crippen LogP contribution in [0.5, 0.6) is 0 Å². The molecule has 1 aliphatic carbocycles. The number of aryl methyl sites for hydroxylation is 1. The van der Waals surface area contributed by atoms with Gasteiger partial charge in [-0.2, -0.15) is 0 Å². The molecule has 34 heavy (non-hydrogen) atoms. The summed E-state index contributed by atoms with van der Waals surface area (Å²) in [6.45, 7) is 2.83. The predicted molar refractivity (Wildman–Crippen MR) is 138 cm³/mol. The first-order chi connectivity index (χ1) is 16.0. The Morgan fingerprint density at radius 2 is 1.59 bits per heavy atom. The molecule has 2 N–H and O–H groups in total. The second-order valence-corrected chi connectivity index (χ2v) is 8.25. The first-order valence-electron chi connectivity index (χ1n) is 11.1. The van der Waals surface area contributed by atoms with Crippen LogP contribution in [0.25, 0.3) is 16.7 Å². The summed E-state index contributed by atoms with van der Waals surface area (Å²) in [6.07, 6.45) is 1.58. The summed E-state index contributed by atoms with van der Waals surface area (Å²) in [7, 11) is 1.58. The van der Waals surface area contributed by atoms with Gasteiger partial charge in [-0.3, -0.25) is 18.7 Å². The van der Waals surface area contributed by atoms with Crippen molar-refractivity contribution in [2.45, 2.75) is 25.8 Å². The first kappa shape index (κ1) is 23.4. The minimum atomic E-state index is -0.427. The van der Waals surface area contributed by atoms with Gasteiger partial charge in [0, 0.05) is 37.1 Å². The van der Waals surface area contributed by atoms with E-state index in [2.05, 4.69) is 10.6 Å². The number of aromatic nitrogens is 3. The van der Waals surface area contributed by atoms with E-state index in [1.807, 2.05) is 49.4 Å². The van der Waals surface area contributed by atoms with Gasteiger partial charge in [0.1, 0.15) is 11.0 Å². The van der Waals surface area contributed by atoms with E-state index in [-0.39, 0.29) is 35.2 Å². The molecule has 0 saturated heterocycles. The van der Waals surface area contributed by atoms with E-state index in [9.17, 15) is 14.4 Å². The molecule has 1 saturated carbocycles. The van der Waals surface area contributed by atoms with Gasteiger partial charge in [-0.05, 0) is 56.2 Å². The molecule has 0 aliphatic heterocycles. The Morgan fingerprint density at radius 3 is 2.21 bits per heavy atom. The van der Waals surface area contributed by atoms with Crippen LogP contribution in [0.15, 0.2) is 75.0 Å². The number of hydrogen-bond donors (Lipinski definition) is 2. The Bertz CT molecular complexity index is 1520. The number of nitrogens with one attached hydrogen (secondary N) is 2. The second kappa shape index (κ2) is 9.23. The highest BCUT2D eigenvalue weighted by molar-refractivity contribution is 5.91. The quantitative estimate of drug-likeness (QED) is 0.439. The molecular formula is C25H26ClN5O3. The fraction of sp³-hybridized carbons (Fsp3) is 0.240. The number of rotatable bonds is 6. The normalized spacial score (nSPS) is 12.9. The van der Waals surface area contributed by atoms with Gasteiger partial charge in [0.05, 0.1) is 11.4 Å². The molecule has 5 rings (SSSR count). The Kier molecular flexibility index (Phi) is 6.34. The van der Waals surface area contributed by atoms with Gasteiger partial charge in [-0.15, -0.1) is 12.4 Å². The number of halogens is 1. The second-order valence-electron chi connectivity index (χ2n) is 8.25. The third-order valence-electron chi connectivity index (χ3n) is 5.92. The fourth-order valence-electron chi connectivity index (χ4n) is 4.16. The number of fused-ring (bicyclic) bond motifs is 1. The zero-order valence-corrected chi connectivity index (χ0v) is 19.8. The molecule has 176 valence electrons. The maximum Gasteiger partial charge on any atom is 0.337 e. The van der Waals surface area contributed by atoms with Crippen molar-refractivity contribution in [1.29, 1.82) is 0 Å². The van der Waals surface area contributed by atoms with Gasteiger partial charge >= 0.3 is 5.69 Å². The van der Waals surface area contributed by atoms with E-state index in [1.165, 1.54) is 19.8 Å². The number of para-hydroxylation sites is 1. The van der Waals surface area contributed by atoms with Crippen molar-refractivity contribution >= 4 is 40.5 Å². The molecule has 0 spiro atoms. The largest absolute Gasteiger partial charge is 0.385 e. The van der Waals surface area contributed by atoms with Crippen LogP contribution >= 0.6 is 12.4 Å². The predicted octanol–water partition coefficient (Wildman–Crippen LogP) is 3.78. The van der Waals surface area contributed by atoms with Crippen LogP contribution in [0.2, 0.25) is 0 Å². The van der Waals surface area contributed by atoms with Gasteiger partial charge in [0.15, 0.2) is 0 Å². The topological polar surface area (TPSA) is 90.1 Å². The molecule has 2 aromatic carbocycles. The van der Waals surface area contributed by atoms with Crippen molar-refractivity contribution in [2.24, 2.45) is 7.05 Å². The maximum absolute atomic E-state index is 13.6. The molecular weight excluding hydrogens is 454 g/mol.